The fourth-order valence-electron chi connectivity index (χ4n) is 1.84. The molecule has 0 aliphatic rings. The summed E-state index contributed by atoms with van der Waals surface area (Å²) in [6.07, 6.45) is -0.972. The van der Waals surface area contributed by atoms with Crippen molar-refractivity contribution >= 4 is 64.0 Å². The highest BCUT2D eigenvalue weighted by atomic mass is 35.5. The minimum Gasteiger partial charge on any atom is -0.477 e. The average Bonchev–Trinajstić information content (AvgIpc) is 2.57. The van der Waals surface area contributed by atoms with E-state index in [0.717, 1.165) is 0 Å². The van der Waals surface area contributed by atoms with Gasteiger partial charge in [-0.3, -0.25) is 4.79 Å². The van der Waals surface area contributed by atoms with Crippen LogP contribution in [0, 0.1) is 0 Å². The van der Waals surface area contributed by atoms with Crippen molar-refractivity contribution in [3.63, 3.8) is 0 Å². The van der Waals surface area contributed by atoms with Crippen LogP contribution >= 0.6 is 46.4 Å². The Hall–Kier alpha value is -1.66. The van der Waals surface area contributed by atoms with Crippen LogP contribution in [0.4, 0.5) is 5.69 Å². The molecule has 0 bridgehead atoms. The predicted octanol–water partition coefficient (Wildman–Crippen LogP) is 5.25. The fourth-order valence-corrected chi connectivity index (χ4v) is 2.75. The van der Waals surface area contributed by atoms with E-state index in [2.05, 4.69) is 5.32 Å². The van der Waals surface area contributed by atoms with Crippen LogP contribution in [0.15, 0.2) is 36.4 Å². The summed E-state index contributed by atoms with van der Waals surface area (Å²) in [7, 11) is 0. The lowest BCUT2D eigenvalue weighted by Gasteiger charge is -2.15. The van der Waals surface area contributed by atoms with Gasteiger partial charge in [-0.2, -0.15) is 0 Å². The Bertz CT molecular complexity index is 828. The molecule has 0 spiro atoms. The van der Waals surface area contributed by atoms with E-state index in [-0.39, 0.29) is 15.8 Å². The lowest BCUT2D eigenvalue weighted by Crippen LogP contribution is -2.29. The van der Waals surface area contributed by atoms with E-state index < -0.39 is 24.6 Å². The Kier molecular flexibility index (Phi) is 7.41. The molecular weight excluding hydrogens is 424 g/mol. The third-order valence-electron chi connectivity index (χ3n) is 3.08. The van der Waals surface area contributed by atoms with Crippen molar-refractivity contribution in [2.75, 3.05) is 11.9 Å². The molecule has 26 heavy (non-hydrogen) atoms. The molecule has 1 amide bonds. The Morgan fingerprint density at radius 3 is 2.23 bits per heavy atom. The molecule has 138 valence electrons. The second-order valence-corrected chi connectivity index (χ2v) is 6.80. The number of rotatable bonds is 6. The number of amides is 1. The number of nitrogens with one attached hydrogen (secondary N) is 1. The van der Waals surface area contributed by atoms with Crippen molar-refractivity contribution in [3.8, 4) is 5.75 Å². The van der Waals surface area contributed by atoms with Gasteiger partial charge in [0.2, 0.25) is 0 Å². The van der Waals surface area contributed by atoms with E-state index in [4.69, 9.17) is 55.9 Å². The monoisotopic (exact) mass is 435 g/mol. The van der Waals surface area contributed by atoms with Gasteiger partial charge < -0.3 is 14.8 Å². The minimum atomic E-state index is -0.972. The quantitative estimate of drug-likeness (QED) is 0.628. The highest BCUT2D eigenvalue weighted by molar-refractivity contribution is 6.37. The Morgan fingerprint density at radius 2 is 1.62 bits per heavy atom. The standard InChI is InChI=1S/C17H13Cl4NO4/c1-9(26-15-5-3-11(19)7-13(15)21)17(24)25-8-16(23)22-14-4-2-10(18)6-12(14)20/h2-7,9H,8H2,1H3,(H,22,23)/t9-/m1/s1. The van der Waals surface area contributed by atoms with E-state index in [9.17, 15) is 9.59 Å². The first-order valence-corrected chi connectivity index (χ1v) is 8.80. The van der Waals surface area contributed by atoms with Crippen molar-refractivity contribution in [2.24, 2.45) is 0 Å². The molecule has 0 aromatic heterocycles. The molecule has 2 rings (SSSR count). The molecule has 9 heteroatoms. The van der Waals surface area contributed by atoms with E-state index >= 15 is 0 Å². The summed E-state index contributed by atoms with van der Waals surface area (Å²) in [4.78, 5) is 23.8. The Balaban J connectivity index is 1.85. The smallest absolute Gasteiger partial charge is 0.347 e. The summed E-state index contributed by atoms with van der Waals surface area (Å²) in [5, 5.41) is 3.92. The molecule has 0 radical (unpaired) electrons. The number of hydrogen-bond acceptors (Lipinski definition) is 4. The number of ether oxygens (including phenoxy) is 2. The molecule has 5 nitrogen and oxygen atoms in total. The van der Waals surface area contributed by atoms with Crippen molar-refractivity contribution in [2.45, 2.75) is 13.0 Å². The largest absolute Gasteiger partial charge is 0.477 e. The van der Waals surface area contributed by atoms with Crippen LogP contribution in [0.25, 0.3) is 0 Å². The van der Waals surface area contributed by atoms with Crippen LogP contribution in [0.3, 0.4) is 0 Å². The molecule has 0 saturated carbocycles. The van der Waals surface area contributed by atoms with Gasteiger partial charge >= 0.3 is 5.97 Å². The number of halogens is 4. The summed E-state index contributed by atoms with van der Waals surface area (Å²) in [6, 6.07) is 9.18. The van der Waals surface area contributed by atoms with Gasteiger partial charge in [0.15, 0.2) is 12.7 Å². The van der Waals surface area contributed by atoms with Crippen LogP contribution in [0.1, 0.15) is 6.92 Å². The van der Waals surface area contributed by atoms with Gasteiger partial charge in [0.1, 0.15) is 5.75 Å². The van der Waals surface area contributed by atoms with Gasteiger partial charge in [0.25, 0.3) is 5.91 Å². The predicted molar refractivity (Wildman–Crippen MR) is 103 cm³/mol. The number of anilines is 1. The summed E-state index contributed by atoms with van der Waals surface area (Å²) in [6.45, 7) is 0.973. The SMILES string of the molecule is C[C@@H](Oc1ccc(Cl)cc1Cl)C(=O)OCC(=O)Nc1ccc(Cl)cc1Cl. The molecule has 1 atom stereocenters. The number of benzene rings is 2. The van der Waals surface area contributed by atoms with Crippen LogP contribution in [-0.4, -0.2) is 24.6 Å². The summed E-state index contributed by atoms with van der Waals surface area (Å²) in [5.74, 6) is -1.01. The first kappa shape index (κ1) is 20.6. The summed E-state index contributed by atoms with van der Waals surface area (Å²) >= 11 is 23.5. The minimum absolute atomic E-state index is 0.257. The molecular formula is C17H13Cl4NO4. The van der Waals surface area contributed by atoms with E-state index in [1.165, 1.54) is 25.1 Å². The molecule has 0 saturated heterocycles. The highest BCUT2D eigenvalue weighted by Crippen LogP contribution is 2.28. The lowest BCUT2D eigenvalue weighted by atomic mass is 10.3. The first-order chi connectivity index (χ1) is 12.3. The number of hydrogen-bond donors (Lipinski definition) is 1. The maximum Gasteiger partial charge on any atom is 0.347 e. The van der Waals surface area contributed by atoms with Crippen molar-refractivity contribution in [1.29, 1.82) is 0 Å². The third kappa shape index (κ3) is 5.95. The number of esters is 1. The van der Waals surface area contributed by atoms with Crippen molar-refractivity contribution in [1.82, 2.24) is 0 Å². The lowest BCUT2D eigenvalue weighted by molar-refractivity contribution is -0.153. The topological polar surface area (TPSA) is 64.6 Å². The van der Waals surface area contributed by atoms with Gasteiger partial charge in [0, 0.05) is 10.0 Å². The van der Waals surface area contributed by atoms with E-state index in [1.807, 2.05) is 0 Å². The zero-order valence-electron chi connectivity index (χ0n) is 13.4. The normalized spacial score (nSPS) is 11.6. The second-order valence-electron chi connectivity index (χ2n) is 5.11. The average molecular weight is 437 g/mol. The van der Waals surface area contributed by atoms with E-state index in [1.54, 1.807) is 18.2 Å². The fraction of sp³-hybridized carbons (Fsp3) is 0.176. The zero-order chi connectivity index (χ0) is 19.3. The van der Waals surface area contributed by atoms with Gasteiger partial charge in [-0.05, 0) is 43.3 Å². The molecule has 0 unspecified atom stereocenters. The molecule has 0 aliphatic carbocycles. The molecule has 0 heterocycles. The Labute approximate surface area is 170 Å². The molecule has 1 N–H and O–H groups in total. The van der Waals surface area contributed by atoms with Gasteiger partial charge in [-0.15, -0.1) is 0 Å². The highest BCUT2D eigenvalue weighted by Gasteiger charge is 2.19. The van der Waals surface area contributed by atoms with Gasteiger partial charge in [-0.25, -0.2) is 4.79 Å². The molecule has 0 fully saturated rings. The van der Waals surface area contributed by atoms with Gasteiger partial charge in [-0.1, -0.05) is 46.4 Å². The molecule has 0 aliphatic heterocycles. The van der Waals surface area contributed by atoms with Crippen LogP contribution in [0.5, 0.6) is 5.75 Å². The van der Waals surface area contributed by atoms with Crippen LogP contribution in [-0.2, 0) is 14.3 Å². The molecule has 2 aromatic rings. The second kappa shape index (κ2) is 9.33. The number of carbonyl (C=O) groups is 2. The summed E-state index contributed by atoms with van der Waals surface area (Å²) in [5.41, 5.74) is 0.356. The van der Waals surface area contributed by atoms with Crippen LogP contribution < -0.4 is 10.1 Å². The van der Waals surface area contributed by atoms with Crippen molar-refractivity contribution in [3.05, 3.63) is 56.5 Å². The summed E-state index contributed by atoms with van der Waals surface area (Å²) < 4.78 is 10.3. The van der Waals surface area contributed by atoms with E-state index in [0.29, 0.717) is 15.7 Å². The molecule has 2 aromatic carbocycles. The van der Waals surface area contributed by atoms with Gasteiger partial charge in [0.05, 0.1) is 15.7 Å². The maximum atomic E-state index is 12.0. The zero-order valence-corrected chi connectivity index (χ0v) is 16.4. The first-order valence-electron chi connectivity index (χ1n) is 7.29. The third-order valence-corrected chi connectivity index (χ3v) is 4.16. The number of carbonyl (C=O) groups excluding carboxylic acids is 2. The van der Waals surface area contributed by atoms with Crippen LogP contribution in [0.2, 0.25) is 20.1 Å². The van der Waals surface area contributed by atoms with Crippen molar-refractivity contribution < 1.29 is 19.1 Å². The maximum absolute atomic E-state index is 12.0. The Morgan fingerprint density at radius 1 is 1.00 bits per heavy atom.